The van der Waals surface area contributed by atoms with E-state index in [1.165, 1.54) is 0 Å². The highest BCUT2D eigenvalue weighted by atomic mass is 16.6. The molecule has 2 aromatic carbocycles. The van der Waals surface area contributed by atoms with Gasteiger partial charge in [0.15, 0.2) is 0 Å². The number of ether oxygens (including phenoxy) is 2. The summed E-state index contributed by atoms with van der Waals surface area (Å²) < 4.78 is 11.2. The fourth-order valence-corrected chi connectivity index (χ4v) is 4.31. The lowest BCUT2D eigenvalue weighted by atomic mass is 10.1. The molecule has 0 radical (unpaired) electrons. The standard InChI is InChI=1S/C29H41N3O5.H2/c1-7-8-17-36-25-12-9-21(10-13-25)27(34)30(5)23-11-14-26(22(18-23)20-33)32-16-15-24(19-32)31(6)28(35)37-29(2,3)4;/h9-14,18,24,33H,7-8,15-17,19-20H2,1-6H3;1H. The Balaban J connectivity index is 0.00000507. The Morgan fingerprint density at radius 2 is 1.84 bits per heavy atom. The molecule has 0 bridgehead atoms. The van der Waals surface area contributed by atoms with Crippen LogP contribution >= 0.6 is 0 Å². The van der Waals surface area contributed by atoms with E-state index >= 15 is 0 Å². The third kappa shape index (κ3) is 7.38. The van der Waals surface area contributed by atoms with E-state index in [2.05, 4.69) is 11.8 Å². The Bertz CT molecular complexity index is 1070. The molecule has 0 spiro atoms. The van der Waals surface area contributed by atoms with Crippen LogP contribution in [0.3, 0.4) is 0 Å². The molecule has 1 N–H and O–H groups in total. The summed E-state index contributed by atoms with van der Waals surface area (Å²) in [5.74, 6) is 0.609. The highest BCUT2D eigenvalue weighted by Crippen LogP contribution is 2.31. The van der Waals surface area contributed by atoms with Crippen molar-refractivity contribution in [3.8, 4) is 5.75 Å². The van der Waals surface area contributed by atoms with E-state index in [1.54, 1.807) is 36.0 Å². The minimum atomic E-state index is -0.544. The number of nitrogens with zero attached hydrogens (tertiary/aromatic N) is 3. The van der Waals surface area contributed by atoms with E-state index < -0.39 is 5.60 Å². The van der Waals surface area contributed by atoms with Gasteiger partial charge in [0.25, 0.3) is 5.91 Å². The summed E-state index contributed by atoms with van der Waals surface area (Å²) in [4.78, 5) is 31.0. The van der Waals surface area contributed by atoms with Crippen LogP contribution in [0.25, 0.3) is 0 Å². The number of anilines is 2. The monoisotopic (exact) mass is 513 g/mol. The molecule has 1 unspecified atom stereocenters. The Morgan fingerprint density at radius 1 is 1.14 bits per heavy atom. The SMILES string of the molecule is CCCCOc1ccc(C(=O)N(C)c2ccc(N3CCC(N(C)C(=O)OC(C)(C)C)C3)c(CO)c2)cc1.[HH]. The number of likely N-dealkylation sites (N-methyl/N-ethyl adjacent to an activating group) is 1. The maximum Gasteiger partial charge on any atom is 0.410 e. The predicted octanol–water partition coefficient (Wildman–Crippen LogP) is 5.33. The molecule has 1 atom stereocenters. The van der Waals surface area contributed by atoms with Gasteiger partial charge in [-0.2, -0.15) is 0 Å². The van der Waals surface area contributed by atoms with Gasteiger partial charge in [0.2, 0.25) is 0 Å². The summed E-state index contributed by atoms with van der Waals surface area (Å²) >= 11 is 0. The average molecular weight is 514 g/mol. The summed E-state index contributed by atoms with van der Waals surface area (Å²) in [6.07, 6.45) is 2.53. The quantitative estimate of drug-likeness (QED) is 0.457. The van der Waals surface area contributed by atoms with Gasteiger partial charge in [-0.1, -0.05) is 13.3 Å². The topological polar surface area (TPSA) is 82.6 Å². The van der Waals surface area contributed by atoms with Gasteiger partial charge in [-0.15, -0.1) is 0 Å². The van der Waals surface area contributed by atoms with Crippen molar-refractivity contribution in [3.05, 3.63) is 53.6 Å². The predicted molar refractivity (Wildman–Crippen MR) is 149 cm³/mol. The zero-order valence-electron chi connectivity index (χ0n) is 23.0. The Hall–Kier alpha value is -3.26. The van der Waals surface area contributed by atoms with Crippen LogP contribution in [0.1, 0.15) is 64.3 Å². The number of aliphatic hydroxyl groups excluding tert-OH is 1. The first-order valence-electron chi connectivity index (χ1n) is 13.0. The number of benzene rings is 2. The van der Waals surface area contributed by atoms with E-state index in [0.717, 1.165) is 42.8 Å². The van der Waals surface area contributed by atoms with Gasteiger partial charge in [-0.25, -0.2) is 4.79 Å². The van der Waals surface area contributed by atoms with Gasteiger partial charge in [-0.3, -0.25) is 4.79 Å². The van der Waals surface area contributed by atoms with Crippen LogP contribution in [0.5, 0.6) is 5.75 Å². The largest absolute Gasteiger partial charge is 0.494 e. The second kappa shape index (κ2) is 12.3. The first-order valence-corrected chi connectivity index (χ1v) is 13.0. The first-order chi connectivity index (χ1) is 17.5. The number of carbonyl (C=O) groups is 2. The van der Waals surface area contributed by atoms with Crippen LogP contribution in [-0.2, 0) is 11.3 Å². The van der Waals surface area contributed by atoms with E-state index in [-0.39, 0.29) is 26.1 Å². The van der Waals surface area contributed by atoms with Crippen molar-refractivity contribution < 1.29 is 25.6 Å². The maximum atomic E-state index is 13.1. The van der Waals surface area contributed by atoms with Gasteiger partial charge in [-0.05, 0) is 76.1 Å². The summed E-state index contributed by atoms with van der Waals surface area (Å²) in [6, 6.07) is 12.9. The van der Waals surface area contributed by atoms with Crippen LogP contribution in [0.15, 0.2) is 42.5 Å². The van der Waals surface area contributed by atoms with Gasteiger partial charge >= 0.3 is 6.09 Å². The smallest absolute Gasteiger partial charge is 0.410 e. The molecule has 37 heavy (non-hydrogen) atoms. The molecule has 2 aromatic rings. The van der Waals surface area contributed by atoms with Gasteiger partial charge in [0.1, 0.15) is 11.4 Å². The number of hydrogen-bond acceptors (Lipinski definition) is 6. The molecular formula is C29H43N3O5. The zero-order valence-corrected chi connectivity index (χ0v) is 23.0. The van der Waals surface area contributed by atoms with Crippen LogP contribution < -0.4 is 14.5 Å². The molecular weight excluding hydrogens is 470 g/mol. The van der Waals surface area contributed by atoms with Crippen molar-refractivity contribution in [2.24, 2.45) is 0 Å². The summed E-state index contributed by atoms with van der Waals surface area (Å²) in [5.41, 5.74) is 2.35. The fourth-order valence-electron chi connectivity index (χ4n) is 4.31. The molecule has 8 heteroatoms. The number of carbonyl (C=O) groups excluding carboxylic acids is 2. The number of aliphatic hydroxyl groups is 1. The molecule has 204 valence electrons. The highest BCUT2D eigenvalue weighted by Gasteiger charge is 2.32. The lowest BCUT2D eigenvalue weighted by Gasteiger charge is -2.29. The minimum Gasteiger partial charge on any atom is -0.494 e. The fraction of sp³-hybridized carbons (Fsp3) is 0.517. The Morgan fingerprint density at radius 3 is 2.46 bits per heavy atom. The van der Waals surface area contributed by atoms with Crippen molar-refractivity contribution in [1.82, 2.24) is 4.90 Å². The number of unbranched alkanes of at least 4 members (excludes halogenated alkanes) is 1. The lowest BCUT2D eigenvalue weighted by molar-refractivity contribution is 0.0237. The molecule has 8 nitrogen and oxygen atoms in total. The first kappa shape index (κ1) is 28.3. The zero-order chi connectivity index (χ0) is 27.2. The van der Waals surface area contributed by atoms with E-state index in [0.29, 0.717) is 24.4 Å². The van der Waals surface area contributed by atoms with E-state index in [1.807, 2.05) is 51.1 Å². The van der Waals surface area contributed by atoms with Crippen LogP contribution in [-0.4, -0.2) is 67.4 Å². The maximum absolute atomic E-state index is 13.1. The molecule has 0 aliphatic carbocycles. The van der Waals surface area contributed by atoms with Crippen LogP contribution in [0, 0.1) is 0 Å². The molecule has 1 heterocycles. The Labute approximate surface area is 222 Å². The van der Waals surface area contributed by atoms with Crippen molar-refractivity contribution in [3.63, 3.8) is 0 Å². The third-order valence-corrected chi connectivity index (χ3v) is 6.53. The number of amides is 2. The molecule has 1 saturated heterocycles. The molecule has 3 rings (SSSR count). The third-order valence-electron chi connectivity index (χ3n) is 6.53. The Kier molecular flexibility index (Phi) is 9.43. The summed E-state index contributed by atoms with van der Waals surface area (Å²) in [7, 11) is 3.49. The van der Waals surface area contributed by atoms with E-state index in [4.69, 9.17) is 9.47 Å². The van der Waals surface area contributed by atoms with Gasteiger partial charge in [0, 0.05) is 51.1 Å². The lowest BCUT2D eigenvalue weighted by Crippen LogP contribution is -2.42. The van der Waals surface area contributed by atoms with E-state index in [9.17, 15) is 14.7 Å². The minimum absolute atomic E-state index is 0. The summed E-state index contributed by atoms with van der Waals surface area (Å²) in [5, 5.41) is 10.1. The average Bonchev–Trinajstić information content (AvgIpc) is 3.36. The number of rotatable bonds is 9. The molecule has 2 amide bonds. The van der Waals surface area contributed by atoms with Crippen molar-refractivity contribution >= 4 is 23.4 Å². The number of hydrogen-bond donors (Lipinski definition) is 1. The van der Waals surface area contributed by atoms with Crippen molar-refractivity contribution in [2.75, 3.05) is 43.6 Å². The van der Waals surface area contributed by atoms with Gasteiger partial charge in [0.05, 0.1) is 19.3 Å². The molecule has 1 fully saturated rings. The second-order valence-electron chi connectivity index (χ2n) is 10.5. The van der Waals surface area contributed by atoms with Crippen LogP contribution in [0.4, 0.5) is 16.2 Å². The second-order valence-corrected chi connectivity index (χ2v) is 10.5. The molecule has 0 saturated carbocycles. The van der Waals surface area contributed by atoms with Crippen molar-refractivity contribution in [1.29, 1.82) is 0 Å². The molecule has 0 aromatic heterocycles. The van der Waals surface area contributed by atoms with Gasteiger partial charge < -0.3 is 29.3 Å². The van der Waals surface area contributed by atoms with Crippen LogP contribution in [0.2, 0.25) is 0 Å². The molecule has 1 aliphatic heterocycles. The highest BCUT2D eigenvalue weighted by molar-refractivity contribution is 6.05. The van der Waals surface area contributed by atoms with Crippen molar-refractivity contribution in [2.45, 2.75) is 65.2 Å². The summed E-state index contributed by atoms with van der Waals surface area (Å²) in [6.45, 7) is 9.59. The molecule has 1 aliphatic rings. The normalized spacial score (nSPS) is 15.4.